The van der Waals surface area contributed by atoms with Gasteiger partial charge in [0.1, 0.15) is 5.52 Å². The zero-order chi connectivity index (χ0) is 16.5. The van der Waals surface area contributed by atoms with Crippen LogP contribution in [0.3, 0.4) is 0 Å². The molecule has 24 heavy (non-hydrogen) atoms. The van der Waals surface area contributed by atoms with Gasteiger partial charge in [0.25, 0.3) is 0 Å². The number of nitrogens with two attached hydrogens (primary N) is 1. The van der Waals surface area contributed by atoms with Crippen LogP contribution in [-0.4, -0.2) is 39.6 Å². The molecule has 4 rings (SSSR count). The van der Waals surface area contributed by atoms with Crippen LogP contribution in [0.5, 0.6) is 5.88 Å². The molecule has 2 N–H and O–H groups in total. The summed E-state index contributed by atoms with van der Waals surface area (Å²) in [6.45, 7) is 1.62. The van der Waals surface area contributed by atoms with Crippen molar-refractivity contribution in [3.8, 4) is 17.0 Å². The molecule has 4 heterocycles. The zero-order valence-corrected chi connectivity index (χ0v) is 14.3. The molecule has 126 valence electrons. The highest BCUT2D eigenvalue weighted by molar-refractivity contribution is 7.22. The second kappa shape index (κ2) is 6.37. The molecule has 1 aliphatic rings. The van der Waals surface area contributed by atoms with Gasteiger partial charge in [-0.2, -0.15) is 5.10 Å². The van der Waals surface area contributed by atoms with E-state index in [4.69, 9.17) is 15.2 Å². The predicted molar refractivity (Wildman–Crippen MR) is 93.2 cm³/mol. The Kier molecular flexibility index (Phi) is 4.07. The highest BCUT2D eigenvalue weighted by Gasteiger charge is 2.18. The first kappa shape index (κ1) is 15.3. The summed E-state index contributed by atoms with van der Waals surface area (Å²) in [5.41, 5.74) is 8.54. The average Bonchev–Trinajstić information content (AvgIpc) is 3.21. The number of nitrogen functional groups attached to an aromatic ring is 1. The Morgan fingerprint density at radius 1 is 1.42 bits per heavy atom. The molecular weight excluding hydrogens is 326 g/mol. The molecule has 0 radical (unpaired) electrons. The lowest BCUT2D eigenvalue weighted by molar-refractivity contribution is 0.00400. The lowest BCUT2D eigenvalue weighted by Gasteiger charge is -2.22. The van der Waals surface area contributed by atoms with Gasteiger partial charge in [-0.25, -0.2) is 9.97 Å². The third-order valence-corrected chi connectivity index (χ3v) is 5.12. The maximum absolute atomic E-state index is 5.88. The van der Waals surface area contributed by atoms with E-state index in [9.17, 15) is 0 Å². The second-order valence-electron chi connectivity index (χ2n) is 5.85. The maximum atomic E-state index is 5.88. The van der Waals surface area contributed by atoms with Crippen LogP contribution in [0.25, 0.3) is 21.3 Å². The van der Waals surface area contributed by atoms with Gasteiger partial charge < -0.3 is 15.2 Å². The summed E-state index contributed by atoms with van der Waals surface area (Å²) in [5.74, 6) is 0.490. The molecular formula is C16H19N5O2S. The van der Waals surface area contributed by atoms with Crippen LogP contribution < -0.4 is 10.5 Å². The highest BCUT2D eigenvalue weighted by Crippen LogP contribution is 2.37. The van der Waals surface area contributed by atoms with E-state index < -0.39 is 0 Å². The molecule has 3 aromatic heterocycles. The van der Waals surface area contributed by atoms with Gasteiger partial charge in [-0.15, -0.1) is 0 Å². The number of rotatable bonds is 4. The van der Waals surface area contributed by atoms with E-state index in [1.54, 1.807) is 13.3 Å². The standard InChI is InChI=1S/C16H19N5O2S/c1-22-15-13-14(24-16(17)20-13)12(7-18-15)10-6-19-21(8-10)9-11-4-2-3-5-23-11/h6-8,11H,2-5,9H2,1H3,(H2,17,20)/t11-/m0/s1. The average molecular weight is 345 g/mol. The summed E-state index contributed by atoms with van der Waals surface area (Å²) in [7, 11) is 1.58. The van der Waals surface area contributed by atoms with Crippen molar-refractivity contribution < 1.29 is 9.47 Å². The molecule has 0 spiro atoms. The molecule has 1 atom stereocenters. The molecule has 1 fully saturated rings. The summed E-state index contributed by atoms with van der Waals surface area (Å²) in [4.78, 5) is 8.68. The molecule has 0 aromatic carbocycles. The Bertz CT molecular complexity index is 853. The van der Waals surface area contributed by atoms with E-state index in [0.717, 1.165) is 41.8 Å². The molecule has 0 saturated carbocycles. The summed E-state index contributed by atoms with van der Waals surface area (Å²) in [6.07, 6.45) is 9.38. The summed E-state index contributed by atoms with van der Waals surface area (Å²) < 4.78 is 14.0. The monoisotopic (exact) mass is 345 g/mol. The van der Waals surface area contributed by atoms with Crippen LogP contribution in [0.1, 0.15) is 19.3 Å². The van der Waals surface area contributed by atoms with E-state index in [2.05, 4.69) is 15.1 Å². The first-order valence-electron chi connectivity index (χ1n) is 7.98. The molecule has 3 aromatic rings. The first-order chi connectivity index (χ1) is 11.7. The van der Waals surface area contributed by atoms with Crippen molar-refractivity contribution >= 4 is 26.7 Å². The minimum atomic E-state index is 0.250. The van der Waals surface area contributed by atoms with Gasteiger partial charge in [0.15, 0.2) is 5.13 Å². The Morgan fingerprint density at radius 3 is 3.12 bits per heavy atom. The van der Waals surface area contributed by atoms with Crippen LogP contribution in [0.4, 0.5) is 5.13 Å². The molecule has 1 aliphatic heterocycles. The minimum Gasteiger partial charge on any atom is -0.479 e. The third kappa shape index (κ3) is 2.83. The number of hydrogen-bond donors (Lipinski definition) is 1. The van der Waals surface area contributed by atoms with E-state index in [-0.39, 0.29) is 6.10 Å². The van der Waals surface area contributed by atoms with E-state index in [0.29, 0.717) is 16.5 Å². The summed E-state index contributed by atoms with van der Waals surface area (Å²) >= 11 is 1.43. The van der Waals surface area contributed by atoms with Crippen LogP contribution in [0.2, 0.25) is 0 Å². The molecule has 8 heteroatoms. The summed E-state index contributed by atoms with van der Waals surface area (Å²) in [6, 6.07) is 0. The maximum Gasteiger partial charge on any atom is 0.241 e. The van der Waals surface area contributed by atoms with Crippen LogP contribution in [0, 0.1) is 0 Å². The van der Waals surface area contributed by atoms with E-state index in [1.165, 1.54) is 17.8 Å². The second-order valence-corrected chi connectivity index (χ2v) is 6.88. The molecule has 0 unspecified atom stereocenters. The fraction of sp³-hybridized carbons (Fsp3) is 0.438. The number of aromatic nitrogens is 4. The van der Waals surface area contributed by atoms with Crippen molar-refractivity contribution in [3.63, 3.8) is 0 Å². The van der Waals surface area contributed by atoms with Gasteiger partial charge in [0.05, 0.1) is 30.7 Å². The van der Waals surface area contributed by atoms with Crippen molar-refractivity contribution in [2.24, 2.45) is 0 Å². The number of methoxy groups -OCH3 is 1. The quantitative estimate of drug-likeness (QED) is 0.782. The van der Waals surface area contributed by atoms with E-state index >= 15 is 0 Å². The highest BCUT2D eigenvalue weighted by atomic mass is 32.1. The number of thiazole rings is 1. The Morgan fingerprint density at radius 2 is 2.33 bits per heavy atom. The number of nitrogens with zero attached hydrogens (tertiary/aromatic N) is 4. The van der Waals surface area contributed by atoms with Crippen molar-refractivity contribution in [1.82, 2.24) is 19.7 Å². The van der Waals surface area contributed by atoms with Gasteiger partial charge in [-0.3, -0.25) is 4.68 Å². The van der Waals surface area contributed by atoms with Gasteiger partial charge in [-0.05, 0) is 19.3 Å². The van der Waals surface area contributed by atoms with Gasteiger partial charge >= 0.3 is 0 Å². The van der Waals surface area contributed by atoms with Gasteiger partial charge in [0.2, 0.25) is 5.88 Å². The lowest BCUT2D eigenvalue weighted by atomic mass is 10.1. The van der Waals surface area contributed by atoms with Crippen molar-refractivity contribution in [2.45, 2.75) is 31.9 Å². The van der Waals surface area contributed by atoms with Gasteiger partial charge in [0, 0.05) is 30.1 Å². The van der Waals surface area contributed by atoms with Gasteiger partial charge in [-0.1, -0.05) is 11.3 Å². The van der Waals surface area contributed by atoms with Crippen molar-refractivity contribution in [3.05, 3.63) is 18.6 Å². The van der Waals surface area contributed by atoms with Crippen molar-refractivity contribution in [2.75, 3.05) is 19.5 Å². The Labute approximate surface area is 143 Å². The van der Waals surface area contributed by atoms with Crippen molar-refractivity contribution in [1.29, 1.82) is 0 Å². The number of fused-ring (bicyclic) bond motifs is 1. The first-order valence-corrected chi connectivity index (χ1v) is 8.79. The predicted octanol–water partition coefficient (Wildman–Crippen LogP) is 2.71. The largest absolute Gasteiger partial charge is 0.479 e. The SMILES string of the molecule is COc1ncc(-c2cnn(C[C@@H]3CCCCO3)c2)c2sc(N)nc12. The number of ether oxygens (including phenoxy) is 2. The zero-order valence-electron chi connectivity index (χ0n) is 13.4. The summed E-state index contributed by atoms with van der Waals surface area (Å²) in [5, 5.41) is 4.97. The normalized spacial score (nSPS) is 18.1. The third-order valence-electron chi connectivity index (χ3n) is 4.20. The molecule has 0 amide bonds. The number of pyridine rings is 1. The molecule has 0 aliphatic carbocycles. The van der Waals surface area contributed by atoms with Crippen LogP contribution in [0.15, 0.2) is 18.6 Å². The molecule has 1 saturated heterocycles. The van der Waals surface area contributed by atoms with Crippen LogP contribution in [-0.2, 0) is 11.3 Å². The van der Waals surface area contributed by atoms with Crippen LogP contribution >= 0.6 is 11.3 Å². The smallest absolute Gasteiger partial charge is 0.241 e. The fourth-order valence-corrected chi connectivity index (χ4v) is 3.88. The number of anilines is 1. The Hall–Kier alpha value is -2.19. The van der Waals surface area contributed by atoms with E-state index in [1.807, 2.05) is 17.1 Å². The minimum absolute atomic E-state index is 0.250. The fourth-order valence-electron chi connectivity index (χ4n) is 3.02. The molecule has 0 bridgehead atoms. The number of hydrogen-bond acceptors (Lipinski definition) is 7. The topological polar surface area (TPSA) is 88.1 Å². The molecule has 7 nitrogen and oxygen atoms in total. The Balaban J connectivity index is 1.65. The lowest BCUT2D eigenvalue weighted by Crippen LogP contribution is -2.24.